The van der Waals surface area contributed by atoms with Crippen LogP contribution in [0.1, 0.15) is 24.4 Å². The number of anilines is 1. The summed E-state index contributed by atoms with van der Waals surface area (Å²) in [6.45, 7) is 2.32. The third-order valence-electron chi connectivity index (χ3n) is 2.28. The normalized spacial score (nSPS) is 12.2. The fraction of sp³-hybridized carbons (Fsp3) is 0.364. The molecule has 2 aromatic heterocycles. The summed E-state index contributed by atoms with van der Waals surface area (Å²) in [6, 6.07) is 3.78. The zero-order chi connectivity index (χ0) is 13.0. The van der Waals surface area contributed by atoms with Gasteiger partial charge < -0.3 is 20.2 Å². The SMILES string of the molecule is COc1cc(CNc2nnc(C(C)N)o2)ccn1. The van der Waals surface area contributed by atoms with Crippen LogP contribution in [0.5, 0.6) is 5.88 Å². The Hall–Kier alpha value is -2.15. The van der Waals surface area contributed by atoms with E-state index in [1.807, 2.05) is 12.1 Å². The molecule has 0 amide bonds. The minimum Gasteiger partial charge on any atom is -0.481 e. The van der Waals surface area contributed by atoms with Crippen LogP contribution >= 0.6 is 0 Å². The van der Waals surface area contributed by atoms with Crippen molar-refractivity contribution in [3.8, 4) is 5.88 Å². The van der Waals surface area contributed by atoms with Crippen LogP contribution in [-0.4, -0.2) is 22.3 Å². The van der Waals surface area contributed by atoms with Gasteiger partial charge in [-0.2, -0.15) is 0 Å². The first-order chi connectivity index (χ1) is 8.69. The van der Waals surface area contributed by atoms with Crippen LogP contribution in [0.2, 0.25) is 0 Å². The summed E-state index contributed by atoms with van der Waals surface area (Å²) in [4.78, 5) is 4.02. The Morgan fingerprint density at radius 2 is 2.33 bits per heavy atom. The van der Waals surface area contributed by atoms with Crippen LogP contribution in [-0.2, 0) is 6.54 Å². The van der Waals surface area contributed by atoms with Crippen LogP contribution in [0.15, 0.2) is 22.7 Å². The first-order valence-corrected chi connectivity index (χ1v) is 5.51. The fourth-order valence-corrected chi connectivity index (χ4v) is 1.34. The Balaban J connectivity index is 1.97. The second-order valence-electron chi connectivity index (χ2n) is 3.79. The van der Waals surface area contributed by atoms with Gasteiger partial charge in [0.15, 0.2) is 0 Å². The van der Waals surface area contributed by atoms with Gasteiger partial charge in [-0.25, -0.2) is 4.98 Å². The number of ether oxygens (including phenoxy) is 1. The number of hydrogen-bond donors (Lipinski definition) is 2. The number of nitrogens with zero attached hydrogens (tertiary/aromatic N) is 3. The highest BCUT2D eigenvalue weighted by atomic mass is 16.5. The third-order valence-corrected chi connectivity index (χ3v) is 2.28. The second-order valence-corrected chi connectivity index (χ2v) is 3.79. The summed E-state index contributed by atoms with van der Waals surface area (Å²) in [6.07, 6.45) is 1.68. The molecule has 0 spiro atoms. The van der Waals surface area contributed by atoms with Crippen molar-refractivity contribution in [3.63, 3.8) is 0 Å². The van der Waals surface area contributed by atoms with Gasteiger partial charge in [0.25, 0.3) is 0 Å². The van der Waals surface area contributed by atoms with Crippen molar-refractivity contribution in [2.75, 3.05) is 12.4 Å². The molecule has 18 heavy (non-hydrogen) atoms. The molecule has 0 fully saturated rings. The summed E-state index contributed by atoms with van der Waals surface area (Å²) in [5.41, 5.74) is 6.63. The zero-order valence-corrected chi connectivity index (χ0v) is 10.3. The van der Waals surface area contributed by atoms with E-state index in [1.54, 1.807) is 20.2 Å². The molecule has 7 nitrogen and oxygen atoms in total. The van der Waals surface area contributed by atoms with Gasteiger partial charge in [0, 0.05) is 18.8 Å². The summed E-state index contributed by atoms with van der Waals surface area (Å²) in [7, 11) is 1.58. The molecule has 0 saturated heterocycles. The summed E-state index contributed by atoms with van der Waals surface area (Å²) in [5, 5.41) is 10.7. The molecule has 0 aliphatic carbocycles. The van der Waals surface area contributed by atoms with E-state index in [-0.39, 0.29) is 6.04 Å². The van der Waals surface area contributed by atoms with Crippen LogP contribution in [0.25, 0.3) is 0 Å². The molecule has 2 rings (SSSR count). The first-order valence-electron chi connectivity index (χ1n) is 5.51. The third kappa shape index (κ3) is 2.95. The van der Waals surface area contributed by atoms with Gasteiger partial charge in [0.05, 0.1) is 13.2 Å². The Labute approximate surface area is 104 Å². The number of nitrogens with two attached hydrogens (primary N) is 1. The van der Waals surface area contributed by atoms with Crippen LogP contribution in [0.4, 0.5) is 6.01 Å². The average Bonchev–Trinajstić information content (AvgIpc) is 2.85. The van der Waals surface area contributed by atoms with Gasteiger partial charge in [-0.05, 0) is 18.6 Å². The summed E-state index contributed by atoms with van der Waals surface area (Å²) < 4.78 is 10.4. The molecule has 0 aliphatic heterocycles. The van der Waals surface area contributed by atoms with E-state index in [0.717, 1.165) is 5.56 Å². The highest BCUT2D eigenvalue weighted by molar-refractivity contribution is 5.26. The predicted octanol–water partition coefficient (Wildman–Crippen LogP) is 1.10. The molecule has 2 aromatic rings. The maximum Gasteiger partial charge on any atom is 0.315 e. The molecule has 96 valence electrons. The minimum absolute atomic E-state index is 0.269. The number of methoxy groups -OCH3 is 1. The molecule has 0 radical (unpaired) electrons. The van der Waals surface area contributed by atoms with Crippen molar-refractivity contribution >= 4 is 6.01 Å². The number of hydrogen-bond acceptors (Lipinski definition) is 7. The molecule has 0 aromatic carbocycles. The van der Waals surface area contributed by atoms with E-state index in [0.29, 0.717) is 24.3 Å². The highest BCUT2D eigenvalue weighted by Crippen LogP contribution is 2.13. The predicted molar refractivity (Wildman–Crippen MR) is 65.0 cm³/mol. The Morgan fingerprint density at radius 3 is 3.00 bits per heavy atom. The van der Waals surface area contributed by atoms with E-state index in [9.17, 15) is 0 Å². The van der Waals surface area contributed by atoms with Gasteiger partial charge in [-0.1, -0.05) is 5.10 Å². The number of pyridine rings is 1. The summed E-state index contributed by atoms with van der Waals surface area (Å²) >= 11 is 0. The molecule has 0 aliphatic rings. The smallest absolute Gasteiger partial charge is 0.315 e. The van der Waals surface area contributed by atoms with Crippen LogP contribution in [0, 0.1) is 0 Å². The fourth-order valence-electron chi connectivity index (χ4n) is 1.34. The molecule has 7 heteroatoms. The average molecular weight is 249 g/mol. The lowest BCUT2D eigenvalue weighted by Crippen LogP contribution is -2.04. The van der Waals surface area contributed by atoms with Gasteiger partial charge in [0.2, 0.25) is 11.8 Å². The number of nitrogens with one attached hydrogen (secondary N) is 1. The van der Waals surface area contributed by atoms with Crippen molar-refractivity contribution in [1.82, 2.24) is 15.2 Å². The molecule has 0 bridgehead atoms. The van der Waals surface area contributed by atoms with Crippen molar-refractivity contribution in [2.24, 2.45) is 5.73 Å². The van der Waals surface area contributed by atoms with Crippen LogP contribution in [0.3, 0.4) is 0 Å². The lowest BCUT2D eigenvalue weighted by Gasteiger charge is -2.03. The Bertz CT molecular complexity index is 512. The molecule has 1 atom stereocenters. The standard InChI is InChI=1S/C11H15N5O2/c1-7(12)10-15-16-11(18-10)14-6-8-3-4-13-9(5-8)17-2/h3-5,7H,6,12H2,1-2H3,(H,14,16). The van der Waals surface area contributed by atoms with E-state index in [1.165, 1.54) is 0 Å². The van der Waals surface area contributed by atoms with Gasteiger partial charge in [-0.3, -0.25) is 0 Å². The molecule has 1 unspecified atom stereocenters. The Kier molecular flexibility index (Phi) is 3.73. The topological polar surface area (TPSA) is 99.1 Å². The lowest BCUT2D eigenvalue weighted by atomic mass is 10.2. The highest BCUT2D eigenvalue weighted by Gasteiger charge is 2.09. The van der Waals surface area contributed by atoms with Crippen molar-refractivity contribution in [1.29, 1.82) is 0 Å². The molecular weight excluding hydrogens is 234 g/mol. The maximum absolute atomic E-state index is 5.62. The van der Waals surface area contributed by atoms with Gasteiger partial charge in [0.1, 0.15) is 0 Å². The Morgan fingerprint density at radius 1 is 1.50 bits per heavy atom. The van der Waals surface area contributed by atoms with Crippen molar-refractivity contribution in [3.05, 3.63) is 29.8 Å². The first kappa shape index (κ1) is 12.3. The monoisotopic (exact) mass is 249 g/mol. The second kappa shape index (κ2) is 5.46. The zero-order valence-electron chi connectivity index (χ0n) is 10.3. The van der Waals surface area contributed by atoms with Crippen molar-refractivity contribution < 1.29 is 9.15 Å². The van der Waals surface area contributed by atoms with E-state index in [2.05, 4.69) is 20.5 Å². The van der Waals surface area contributed by atoms with E-state index in [4.69, 9.17) is 14.9 Å². The van der Waals surface area contributed by atoms with E-state index < -0.39 is 0 Å². The lowest BCUT2D eigenvalue weighted by molar-refractivity contribution is 0.397. The number of aromatic nitrogens is 3. The minimum atomic E-state index is -0.269. The maximum atomic E-state index is 5.62. The van der Waals surface area contributed by atoms with Gasteiger partial charge >= 0.3 is 6.01 Å². The summed E-state index contributed by atoms with van der Waals surface area (Å²) in [5.74, 6) is 0.973. The van der Waals surface area contributed by atoms with Gasteiger partial charge in [-0.15, -0.1) is 5.10 Å². The van der Waals surface area contributed by atoms with Crippen LogP contribution < -0.4 is 15.8 Å². The molecule has 3 N–H and O–H groups in total. The number of rotatable bonds is 5. The molecule has 0 saturated carbocycles. The largest absolute Gasteiger partial charge is 0.481 e. The molecule has 2 heterocycles. The molecular formula is C11H15N5O2. The quantitative estimate of drug-likeness (QED) is 0.818. The van der Waals surface area contributed by atoms with E-state index >= 15 is 0 Å². The van der Waals surface area contributed by atoms with Crippen molar-refractivity contribution in [2.45, 2.75) is 19.5 Å².